The first kappa shape index (κ1) is 5.00. The molecule has 0 aliphatic carbocycles. The quantitative estimate of drug-likeness (QED) is 0.466. The third-order valence-electron chi connectivity index (χ3n) is 0.917. The molecule has 1 fully saturated rings. The second kappa shape index (κ2) is 1.76. The van der Waals surface area contributed by atoms with Gasteiger partial charge < -0.3 is 4.90 Å². The lowest BCUT2D eigenvalue weighted by Crippen LogP contribution is -2.14. The molecule has 0 unspecified atom stereocenters. The Morgan fingerprint density at radius 2 is 2.71 bits per heavy atom. The van der Waals surface area contributed by atoms with E-state index in [4.69, 9.17) is 0 Å². The van der Waals surface area contributed by atoms with Crippen LogP contribution < -0.4 is 4.72 Å². The molecule has 1 heterocycles. The van der Waals surface area contributed by atoms with Gasteiger partial charge in [-0.15, -0.1) is 0 Å². The zero-order chi connectivity index (χ0) is 5.28. The minimum atomic E-state index is 0.920. The molecular formula is C4H8N2S. The van der Waals surface area contributed by atoms with E-state index in [2.05, 4.69) is 16.2 Å². The van der Waals surface area contributed by atoms with E-state index >= 15 is 0 Å². The maximum atomic E-state index is 3.76. The fourth-order valence-electron chi connectivity index (χ4n) is 0.379. The highest BCUT2D eigenvalue weighted by molar-refractivity contribution is 8.01. The highest BCUT2D eigenvalue weighted by Gasteiger charge is 2.07. The van der Waals surface area contributed by atoms with E-state index in [1.807, 2.05) is 7.05 Å². The fraction of sp³-hybridized carbons (Fsp3) is 0.500. The Hall–Kier alpha value is -0.150. The fourth-order valence-corrected chi connectivity index (χ4v) is 1.02. The first-order valence-corrected chi connectivity index (χ1v) is 2.92. The third kappa shape index (κ3) is 0.894. The Kier molecular flexibility index (Phi) is 1.25. The van der Waals surface area contributed by atoms with Crippen molar-refractivity contribution >= 4 is 11.9 Å². The van der Waals surface area contributed by atoms with Crippen LogP contribution in [0.5, 0.6) is 0 Å². The molecule has 1 aliphatic rings. The summed E-state index contributed by atoms with van der Waals surface area (Å²) >= 11 is 1.59. The summed E-state index contributed by atoms with van der Waals surface area (Å²) in [6.07, 6.45) is 0. The Labute approximate surface area is 47.7 Å². The van der Waals surface area contributed by atoms with E-state index in [0.717, 1.165) is 11.7 Å². The molecule has 1 N–H and O–H groups in total. The normalized spacial score (nSPS) is 21.3. The van der Waals surface area contributed by atoms with Gasteiger partial charge in [0.2, 0.25) is 0 Å². The van der Waals surface area contributed by atoms with Crippen LogP contribution in [-0.2, 0) is 0 Å². The lowest BCUT2D eigenvalue weighted by molar-refractivity contribution is 0.467. The van der Waals surface area contributed by atoms with Crippen molar-refractivity contribution in [3.05, 3.63) is 11.6 Å². The number of hydrogen-bond acceptors (Lipinski definition) is 3. The molecule has 7 heavy (non-hydrogen) atoms. The van der Waals surface area contributed by atoms with Crippen molar-refractivity contribution in [2.45, 2.75) is 0 Å². The van der Waals surface area contributed by atoms with Gasteiger partial charge in [-0.3, -0.25) is 0 Å². The largest absolute Gasteiger partial charge is 0.355 e. The van der Waals surface area contributed by atoms with E-state index < -0.39 is 0 Å². The van der Waals surface area contributed by atoms with Crippen LogP contribution in [-0.4, -0.2) is 18.6 Å². The van der Waals surface area contributed by atoms with Gasteiger partial charge in [0.15, 0.2) is 0 Å². The Bertz CT molecular complexity index is 91.7. The Morgan fingerprint density at radius 3 is 2.86 bits per heavy atom. The van der Waals surface area contributed by atoms with E-state index in [1.54, 1.807) is 11.9 Å². The Morgan fingerprint density at radius 1 is 2.00 bits per heavy atom. The molecule has 1 aliphatic heterocycles. The molecule has 0 atom stereocenters. The summed E-state index contributed by atoms with van der Waals surface area (Å²) in [5, 5.41) is 1.10. The van der Waals surface area contributed by atoms with Crippen LogP contribution in [0, 0.1) is 0 Å². The molecule has 0 radical (unpaired) electrons. The Balaban J connectivity index is 2.48. The second-order valence-electron chi connectivity index (χ2n) is 1.50. The van der Waals surface area contributed by atoms with Crippen molar-refractivity contribution in [3.8, 4) is 0 Å². The van der Waals surface area contributed by atoms with Crippen molar-refractivity contribution in [2.24, 2.45) is 0 Å². The topological polar surface area (TPSA) is 15.3 Å². The number of rotatable bonds is 0. The summed E-state index contributed by atoms with van der Waals surface area (Å²) in [5.74, 6) is 0. The van der Waals surface area contributed by atoms with Crippen LogP contribution in [0.25, 0.3) is 0 Å². The van der Waals surface area contributed by atoms with Gasteiger partial charge in [0.1, 0.15) is 0 Å². The predicted molar refractivity (Wildman–Crippen MR) is 32.5 cm³/mol. The number of hydrogen-bond donors (Lipinski definition) is 1. The van der Waals surface area contributed by atoms with Gasteiger partial charge >= 0.3 is 0 Å². The van der Waals surface area contributed by atoms with E-state index in [-0.39, 0.29) is 0 Å². The number of nitrogens with zero attached hydrogens (tertiary/aromatic N) is 1. The van der Waals surface area contributed by atoms with Gasteiger partial charge in [0.05, 0.1) is 11.7 Å². The van der Waals surface area contributed by atoms with Gasteiger partial charge in [-0.05, 0) is 11.9 Å². The van der Waals surface area contributed by atoms with Crippen molar-refractivity contribution < 1.29 is 0 Å². The predicted octanol–water partition coefficient (Wildman–Crippen LogP) is 0.598. The molecule has 1 saturated heterocycles. The van der Waals surface area contributed by atoms with E-state index in [0.29, 0.717) is 0 Å². The summed E-state index contributed by atoms with van der Waals surface area (Å²) in [4.78, 5) is 2.06. The summed E-state index contributed by atoms with van der Waals surface area (Å²) in [5.41, 5.74) is 0. The molecule has 0 amide bonds. The molecule has 1 rings (SSSR count). The van der Waals surface area contributed by atoms with Crippen LogP contribution in [0.3, 0.4) is 0 Å². The standard InChI is InChI=1S/C4H8N2S/c1-4-6(2)3-5-7-4/h5H,1,3H2,2H3. The summed E-state index contributed by atoms with van der Waals surface area (Å²) < 4.78 is 3.06. The summed E-state index contributed by atoms with van der Waals surface area (Å²) in [6.45, 7) is 4.68. The van der Waals surface area contributed by atoms with Crippen molar-refractivity contribution in [1.29, 1.82) is 0 Å². The monoisotopic (exact) mass is 116 g/mol. The molecule has 0 aromatic heterocycles. The highest BCUT2D eigenvalue weighted by Crippen LogP contribution is 2.17. The van der Waals surface area contributed by atoms with Crippen LogP contribution >= 0.6 is 11.9 Å². The summed E-state index contributed by atoms with van der Waals surface area (Å²) in [6, 6.07) is 0. The zero-order valence-electron chi connectivity index (χ0n) is 4.27. The first-order chi connectivity index (χ1) is 3.30. The minimum Gasteiger partial charge on any atom is -0.355 e. The van der Waals surface area contributed by atoms with Crippen molar-refractivity contribution in [1.82, 2.24) is 9.62 Å². The highest BCUT2D eigenvalue weighted by atomic mass is 32.2. The van der Waals surface area contributed by atoms with Crippen LogP contribution in [0.15, 0.2) is 11.6 Å². The van der Waals surface area contributed by atoms with Crippen LogP contribution in [0.4, 0.5) is 0 Å². The first-order valence-electron chi connectivity index (χ1n) is 2.10. The SMILES string of the molecule is C=C1SNCN1C. The lowest BCUT2D eigenvalue weighted by Gasteiger charge is -2.05. The average molecular weight is 116 g/mol. The van der Waals surface area contributed by atoms with Gasteiger partial charge in [-0.1, -0.05) is 6.58 Å². The van der Waals surface area contributed by atoms with E-state index in [9.17, 15) is 0 Å². The van der Waals surface area contributed by atoms with Crippen LogP contribution in [0.1, 0.15) is 0 Å². The summed E-state index contributed by atoms with van der Waals surface area (Å²) in [7, 11) is 2.01. The molecule has 2 nitrogen and oxygen atoms in total. The van der Waals surface area contributed by atoms with Gasteiger partial charge in [0.25, 0.3) is 0 Å². The van der Waals surface area contributed by atoms with Gasteiger partial charge in [0, 0.05) is 7.05 Å². The maximum absolute atomic E-state index is 3.76. The minimum absolute atomic E-state index is 0.920. The molecular weight excluding hydrogens is 108 g/mol. The molecule has 0 spiro atoms. The zero-order valence-corrected chi connectivity index (χ0v) is 5.09. The van der Waals surface area contributed by atoms with Crippen LogP contribution in [0.2, 0.25) is 0 Å². The molecule has 40 valence electrons. The third-order valence-corrected chi connectivity index (χ3v) is 1.74. The van der Waals surface area contributed by atoms with E-state index in [1.165, 1.54) is 0 Å². The maximum Gasteiger partial charge on any atom is 0.0796 e. The van der Waals surface area contributed by atoms with Crippen molar-refractivity contribution in [2.75, 3.05) is 13.7 Å². The molecule has 0 aromatic rings. The average Bonchev–Trinajstić information content (AvgIpc) is 1.91. The molecule has 0 aromatic carbocycles. The molecule has 3 heteroatoms. The molecule has 0 bridgehead atoms. The lowest BCUT2D eigenvalue weighted by atomic mass is 10.8. The van der Waals surface area contributed by atoms with Gasteiger partial charge in [-0.25, -0.2) is 4.72 Å². The molecule has 0 saturated carbocycles. The second-order valence-corrected chi connectivity index (χ2v) is 2.46. The van der Waals surface area contributed by atoms with Gasteiger partial charge in [-0.2, -0.15) is 0 Å². The van der Waals surface area contributed by atoms with Crippen molar-refractivity contribution in [3.63, 3.8) is 0 Å². The number of nitrogens with one attached hydrogen (secondary N) is 1. The smallest absolute Gasteiger partial charge is 0.0796 e.